The minimum absolute atomic E-state index is 0.219. The van der Waals surface area contributed by atoms with Crippen molar-refractivity contribution in [2.45, 2.75) is 31.3 Å². The highest BCUT2D eigenvalue weighted by Crippen LogP contribution is 2.40. The molecule has 1 amide bonds. The van der Waals surface area contributed by atoms with E-state index in [2.05, 4.69) is 49.1 Å². The third-order valence-corrected chi connectivity index (χ3v) is 7.37. The van der Waals surface area contributed by atoms with E-state index in [0.29, 0.717) is 41.0 Å². The van der Waals surface area contributed by atoms with Gasteiger partial charge in [-0.1, -0.05) is 12.6 Å². The molecule has 0 unspecified atom stereocenters. The molecule has 2 fully saturated rings. The Morgan fingerprint density at radius 3 is 2.67 bits per heavy atom. The molecule has 11 nitrogen and oxygen atoms in total. The molecule has 0 bridgehead atoms. The first kappa shape index (κ1) is 29.2. The quantitative estimate of drug-likeness (QED) is 0.260. The van der Waals surface area contributed by atoms with Crippen LogP contribution in [0, 0.1) is 0 Å². The Bertz CT molecular complexity index is 1400. The molecule has 42 heavy (non-hydrogen) atoms. The van der Waals surface area contributed by atoms with Crippen LogP contribution in [0.1, 0.15) is 19.3 Å². The summed E-state index contributed by atoms with van der Waals surface area (Å²) in [5.74, 6) is 1.74. The van der Waals surface area contributed by atoms with Gasteiger partial charge in [0, 0.05) is 62.3 Å². The van der Waals surface area contributed by atoms with Gasteiger partial charge in [0.25, 0.3) is 5.88 Å². The summed E-state index contributed by atoms with van der Waals surface area (Å²) in [6.45, 7) is 7.31. The van der Waals surface area contributed by atoms with E-state index in [1.807, 2.05) is 6.07 Å². The molecule has 3 aromatic rings. The molecular weight excluding hydrogens is 536 g/mol. The van der Waals surface area contributed by atoms with Crippen LogP contribution in [0.4, 0.5) is 23.0 Å². The lowest BCUT2D eigenvalue weighted by Gasteiger charge is -2.32. The fourth-order valence-electron chi connectivity index (χ4n) is 5.17. The van der Waals surface area contributed by atoms with Crippen molar-refractivity contribution in [3.05, 3.63) is 61.3 Å². The number of nitrogens with zero attached hydrogens (tertiary/aromatic N) is 4. The summed E-state index contributed by atoms with van der Waals surface area (Å²) in [7, 11) is 4.94. The van der Waals surface area contributed by atoms with Crippen LogP contribution in [-0.2, 0) is 9.53 Å². The number of likely N-dealkylation sites (tertiary alicyclic amines) is 1. The van der Waals surface area contributed by atoms with Gasteiger partial charge < -0.3 is 34.5 Å². The molecule has 1 aromatic heterocycles. The van der Waals surface area contributed by atoms with Crippen molar-refractivity contribution < 1.29 is 23.7 Å². The van der Waals surface area contributed by atoms with E-state index < -0.39 is 0 Å². The van der Waals surface area contributed by atoms with E-state index in [-0.39, 0.29) is 11.8 Å². The third kappa shape index (κ3) is 7.10. The van der Waals surface area contributed by atoms with Crippen LogP contribution in [0.15, 0.2) is 61.3 Å². The van der Waals surface area contributed by atoms with Crippen molar-refractivity contribution >= 4 is 28.9 Å². The fraction of sp³-hybridized carbons (Fsp3) is 0.387. The predicted octanol–water partition coefficient (Wildman–Crippen LogP) is 4.84. The lowest BCUT2D eigenvalue weighted by Crippen LogP contribution is -2.39. The Hall–Kier alpha value is -4.35. The average molecular weight is 575 g/mol. The number of benzene rings is 2. The molecule has 0 radical (unpaired) electrons. The van der Waals surface area contributed by atoms with Crippen LogP contribution in [-0.4, -0.2) is 80.4 Å². The van der Waals surface area contributed by atoms with E-state index in [1.54, 1.807) is 44.7 Å². The first-order valence-corrected chi connectivity index (χ1v) is 14.1. The molecule has 2 aromatic carbocycles. The zero-order chi connectivity index (χ0) is 29.5. The number of nitrogens with one attached hydrogen (secondary N) is 2. The Balaban J connectivity index is 1.33. The van der Waals surface area contributed by atoms with E-state index in [1.165, 1.54) is 26.0 Å². The highest BCUT2D eigenvalue weighted by molar-refractivity contribution is 5.98. The van der Waals surface area contributed by atoms with E-state index in [0.717, 1.165) is 44.0 Å². The van der Waals surface area contributed by atoms with Gasteiger partial charge in [0.15, 0.2) is 5.75 Å². The average Bonchev–Trinajstić information content (AvgIpc) is 3.73. The van der Waals surface area contributed by atoms with Crippen LogP contribution in [0.2, 0.25) is 0 Å². The molecule has 1 aliphatic heterocycles. The lowest BCUT2D eigenvalue weighted by molar-refractivity contribution is -0.111. The van der Waals surface area contributed by atoms with Crippen molar-refractivity contribution in [1.29, 1.82) is 0 Å². The Kier molecular flexibility index (Phi) is 9.40. The summed E-state index contributed by atoms with van der Waals surface area (Å²) in [6.07, 6.45) is 6.30. The summed E-state index contributed by atoms with van der Waals surface area (Å²) in [4.78, 5) is 25.7. The lowest BCUT2D eigenvalue weighted by atomic mass is 10.1. The Morgan fingerprint density at radius 2 is 1.93 bits per heavy atom. The van der Waals surface area contributed by atoms with Gasteiger partial charge in [0.2, 0.25) is 11.9 Å². The van der Waals surface area contributed by atoms with Gasteiger partial charge in [-0.25, -0.2) is 4.98 Å². The number of rotatable bonds is 14. The van der Waals surface area contributed by atoms with Gasteiger partial charge >= 0.3 is 0 Å². The zero-order valence-corrected chi connectivity index (χ0v) is 24.3. The Labute approximate surface area is 246 Å². The minimum Gasteiger partial charge on any atom is -0.494 e. The van der Waals surface area contributed by atoms with Crippen LogP contribution in [0.5, 0.6) is 23.1 Å². The van der Waals surface area contributed by atoms with E-state index in [4.69, 9.17) is 18.9 Å². The van der Waals surface area contributed by atoms with Gasteiger partial charge in [0.05, 0.1) is 32.7 Å². The minimum atomic E-state index is -0.314. The fourth-order valence-corrected chi connectivity index (χ4v) is 5.17. The number of aromatic nitrogens is 2. The summed E-state index contributed by atoms with van der Waals surface area (Å²) >= 11 is 0. The van der Waals surface area contributed by atoms with Crippen molar-refractivity contribution in [2.75, 3.05) is 63.1 Å². The largest absolute Gasteiger partial charge is 0.494 e. The molecule has 2 N–H and O–H groups in total. The maximum Gasteiger partial charge on any atom is 0.267 e. The summed E-state index contributed by atoms with van der Waals surface area (Å²) in [6, 6.07) is 14.2. The molecule has 11 heteroatoms. The smallest absolute Gasteiger partial charge is 0.267 e. The highest BCUT2D eigenvalue weighted by Gasteiger charge is 2.37. The number of carbonyl (C=O) groups excluding carboxylic acids is 1. The standard InChI is InChI=1S/C31H38N6O5/c1-5-29(38)33-21-7-6-8-25(17-21)42-30-28(41-4)19-32-31(35-30)34-26-12-11-23(18-27(26)40-3)37(22-9-10-22)24-13-14-36(20-24)15-16-39-2/h5-8,11-12,17-19,22,24H,1,9-10,13-16,20H2,2-4H3,(H,33,38)(H,32,34,35)/t24-/m0/s1. The van der Waals surface area contributed by atoms with Gasteiger partial charge in [-0.3, -0.25) is 9.69 Å². The molecule has 0 spiro atoms. The second-order valence-corrected chi connectivity index (χ2v) is 10.3. The number of carbonyl (C=O) groups is 1. The number of hydrogen-bond donors (Lipinski definition) is 2. The maximum absolute atomic E-state index is 11.7. The number of ether oxygens (including phenoxy) is 4. The number of methoxy groups -OCH3 is 3. The van der Waals surface area contributed by atoms with Crippen molar-refractivity contribution in [1.82, 2.24) is 14.9 Å². The van der Waals surface area contributed by atoms with E-state index in [9.17, 15) is 4.79 Å². The van der Waals surface area contributed by atoms with E-state index >= 15 is 0 Å². The highest BCUT2D eigenvalue weighted by atomic mass is 16.5. The van der Waals surface area contributed by atoms with Crippen LogP contribution < -0.4 is 29.7 Å². The molecule has 222 valence electrons. The monoisotopic (exact) mass is 574 g/mol. The first-order valence-electron chi connectivity index (χ1n) is 14.1. The number of anilines is 4. The van der Waals surface area contributed by atoms with Gasteiger partial charge in [0.1, 0.15) is 11.5 Å². The molecule has 1 saturated heterocycles. The van der Waals surface area contributed by atoms with Crippen LogP contribution in [0.25, 0.3) is 0 Å². The SMILES string of the molecule is C=CC(=O)Nc1cccc(Oc2nc(Nc3ccc(N(C4CC4)[C@H]4CCN(CCOC)C4)cc3OC)ncc2OC)c1. The second-order valence-electron chi connectivity index (χ2n) is 10.3. The first-order chi connectivity index (χ1) is 20.5. The van der Waals surface area contributed by atoms with Crippen LogP contribution >= 0.6 is 0 Å². The zero-order valence-electron chi connectivity index (χ0n) is 24.3. The molecule has 1 aliphatic carbocycles. The van der Waals surface area contributed by atoms with Crippen molar-refractivity contribution in [3.8, 4) is 23.1 Å². The van der Waals surface area contributed by atoms with Crippen molar-refractivity contribution in [3.63, 3.8) is 0 Å². The summed E-state index contributed by atoms with van der Waals surface area (Å²) < 4.78 is 22.5. The predicted molar refractivity (Wildman–Crippen MR) is 162 cm³/mol. The van der Waals surface area contributed by atoms with Gasteiger partial charge in [-0.15, -0.1) is 0 Å². The maximum atomic E-state index is 11.7. The number of hydrogen-bond acceptors (Lipinski definition) is 10. The second kappa shape index (κ2) is 13.5. The molecule has 2 heterocycles. The van der Waals surface area contributed by atoms with Gasteiger partial charge in [-0.05, 0) is 49.6 Å². The number of amides is 1. The van der Waals surface area contributed by atoms with Gasteiger partial charge in [-0.2, -0.15) is 4.98 Å². The molecule has 5 rings (SSSR count). The topological polar surface area (TPSA) is 110 Å². The Morgan fingerprint density at radius 1 is 1.10 bits per heavy atom. The molecular formula is C31H38N6O5. The summed E-state index contributed by atoms with van der Waals surface area (Å²) in [5, 5.41) is 5.98. The third-order valence-electron chi connectivity index (χ3n) is 7.37. The molecule has 1 atom stereocenters. The summed E-state index contributed by atoms with van der Waals surface area (Å²) in [5.41, 5.74) is 2.45. The van der Waals surface area contributed by atoms with Crippen LogP contribution in [0.3, 0.4) is 0 Å². The normalized spacial score (nSPS) is 16.5. The molecule has 2 aliphatic rings. The van der Waals surface area contributed by atoms with Crippen molar-refractivity contribution in [2.24, 2.45) is 0 Å². The molecule has 1 saturated carbocycles.